The van der Waals surface area contributed by atoms with Gasteiger partial charge < -0.3 is 10.7 Å². The SMILES string of the molecule is N[C@H]1CCCN2CCc3c([nH]c4ccccc34)[C@H]12. The Hall–Kier alpha value is -1.32. The third-order valence-corrected chi connectivity index (χ3v) is 4.57. The molecule has 2 aromatic rings. The van der Waals surface area contributed by atoms with Crippen molar-refractivity contribution in [2.24, 2.45) is 5.73 Å². The van der Waals surface area contributed by atoms with Gasteiger partial charge in [-0.05, 0) is 37.4 Å². The zero-order valence-electron chi connectivity index (χ0n) is 10.5. The maximum Gasteiger partial charge on any atom is 0.0654 e. The first kappa shape index (κ1) is 10.6. The minimum absolute atomic E-state index is 0.283. The quantitative estimate of drug-likeness (QED) is 0.742. The van der Waals surface area contributed by atoms with Gasteiger partial charge in [-0.25, -0.2) is 0 Å². The van der Waals surface area contributed by atoms with Crippen LogP contribution in [0.15, 0.2) is 24.3 Å². The molecule has 0 unspecified atom stereocenters. The highest BCUT2D eigenvalue weighted by molar-refractivity contribution is 5.85. The number of aromatic amines is 1. The molecule has 0 amide bonds. The van der Waals surface area contributed by atoms with Crippen molar-refractivity contribution in [1.29, 1.82) is 0 Å². The van der Waals surface area contributed by atoms with E-state index in [4.69, 9.17) is 5.73 Å². The lowest BCUT2D eigenvalue weighted by Gasteiger charge is -2.42. The van der Waals surface area contributed by atoms with Gasteiger partial charge in [0.25, 0.3) is 0 Å². The summed E-state index contributed by atoms with van der Waals surface area (Å²) in [6.45, 7) is 2.36. The Balaban J connectivity index is 1.90. The fourth-order valence-corrected chi connectivity index (χ4v) is 3.74. The van der Waals surface area contributed by atoms with Crippen molar-refractivity contribution in [2.45, 2.75) is 31.3 Å². The van der Waals surface area contributed by atoms with Gasteiger partial charge in [0.1, 0.15) is 0 Å². The Bertz CT molecular complexity index is 586. The van der Waals surface area contributed by atoms with Crippen LogP contribution >= 0.6 is 0 Å². The first-order chi connectivity index (χ1) is 8.84. The van der Waals surface area contributed by atoms with E-state index in [1.54, 1.807) is 0 Å². The zero-order chi connectivity index (χ0) is 12.1. The van der Waals surface area contributed by atoms with E-state index in [0.29, 0.717) is 6.04 Å². The molecule has 0 radical (unpaired) electrons. The summed E-state index contributed by atoms with van der Waals surface area (Å²) < 4.78 is 0. The standard InChI is InChI=1S/C15H19N3/c16-12-5-3-8-18-9-7-11-10-4-1-2-6-13(10)17-14(11)15(12)18/h1-2,4,6,12,15,17H,3,5,7-9,16H2/t12-,15-/m0/s1. The highest BCUT2D eigenvalue weighted by Crippen LogP contribution is 2.38. The van der Waals surface area contributed by atoms with Crippen molar-refractivity contribution in [3.63, 3.8) is 0 Å². The van der Waals surface area contributed by atoms with Gasteiger partial charge in [-0.3, -0.25) is 4.90 Å². The van der Waals surface area contributed by atoms with Crippen molar-refractivity contribution >= 4 is 10.9 Å². The predicted molar refractivity (Wildman–Crippen MR) is 73.5 cm³/mol. The Labute approximate surface area is 107 Å². The Morgan fingerprint density at radius 1 is 1.22 bits per heavy atom. The molecule has 94 valence electrons. The monoisotopic (exact) mass is 241 g/mol. The van der Waals surface area contributed by atoms with E-state index in [2.05, 4.69) is 34.1 Å². The highest BCUT2D eigenvalue weighted by atomic mass is 15.2. The number of benzene rings is 1. The number of nitrogens with zero attached hydrogens (tertiary/aromatic N) is 1. The summed E-state index contributed by atoms with van der Waals surface area (Å²) in [6.07, 6.45) is 3.55. The Morgan fingerprint density at radius 2 is 2.11 bits per heavy atom. The van der Waals surface area contributed by atoms with E-state index in [1.165, 1.54) is 35.1 Å². The predicted octanol–water partition coefficient (Wildman–Crippen LogP) is 2.19. The Morgan fingerprint density at radius 3 is 3.06 bits per heavy atom. The van der Waals surface area contributed by atoms with E-state index < -0.39 is 0 Å². The summed E-state index contributed by atoms with van der Waals surface area (Å²) in [4.78, 5) is 6.19. The van der Waals surface area contributed by atoms with Gasteiger partial charge >= 0.3 is 0 Å². The number of piperidine rings is 1. The van der Waals surface area contributed by atoms with Crippen LogP contribution in [-0.2, 0) is 6.42 Å². The number of nitrogens with one attached hydrogen (secondary N) is 1. The minimum atomic E-state index is 0.283. The molecule has 2 aliphatic heterocycles. The highest BCUT2D eigenvalue weighted by Gasteiger charge is 2.36. The first-order valence-electron chi connectivity index (χ1n) is 6.94. The van der Waals surface area contributed by atoms with Gasteiger partial charge in [0.05, 0.1) is 6.04 Å². The molecule has 4 rings (SSSR count). The summed E-state index contributed by atoms with van der Waals surface area (Å²) in [5.41, 5.74) is 10.5. The molecule has 0 spiro atoms. The Kier molecular flexibility index (Phi) is 2.26. The smallest absolute Gasteiger partial charge is 0.0654 e. The fourth-order valence-electron chi connectivity index (χ4n) is 3.74. The van der Waals surface area contributed by atoms with E-state index in [-0.39, 0.29) is 6.04 Å². The second-order valence-corrected chi connectivity index (χ2v) is 5.60. The van der Waals surface area contributed by atoms with Crippen LogP contribution < -0.4 is 5.73 Å². The molecule has 1 aromatic heterocycles. The first-order valence-corrected chi connectivity index (χ1v) is 6.94. The molecule has 2 atom stereocenters. The molecule has 0 aliphatic carbocycles. The summed E-state index contributed by atoms with van der Waals surface area (Å²) in [5, 5.41) is 1.39. The average molecular weight is 241 g/mol. The molecule has 3 heterocycles. The second-order valence-electron chi connectivity index (χ2n) is 5.60. The number of H-pyrrole nitrogens is 1. The molecule has 1 saturated heterocycles. The molecular formula is C15H19N3. The number of para-hydroxylation sites is 1. The second kappa shape index (κ2) is 3.84. The molecule has 3 nitrogen and oxygen atoms in total. The number of hydrogen-bond donors (Lipinski definition) is 2. The van der Waals surface area contributed by atoms with Crippen molar-refractivity contribution < 1.29 is 0 Å². The molecule has 0 bridgehead atoms. The van der Waals surface area contributed by atoms with Gasteiger partial charge in [0.2, 0.25) is 0 Å². The van der Waals surface area contributed by atoms with E-state index in [1.807, 2.05) is 0 Å². The van der Waals surface area contributed by atoms with Crippen LogP contribution in [0.1, 0.15) is 30.1 Å². The number of nitrogens with two attached hydrogens (primary N) is 1. The van der Waals surface area contributed by atoms with Gasteiger partial charge in [-0.15, -0.1) is 0 Å². The molecular weight excluding hydrogens is 222 g/mol. The molecule has 0 saturated carbocycles. The van der Waals surface area contributed by atoms with Crippen LogP contribution in [0, 0.1) is 0 Å². The maximum atomic E-state index is 6.36. The van der Waals surface area contributed by atoms with Gasteiger partial charge in [0.15, 0.2) is 0 Å². The fraction of sp³-hybridized carbons (Fsp3) is 0.467. The average Bonchev–Trinajstić information content (AvgIpc) is 2.77. The maximum absolute atomic E-state index is 6.36. The third-order valence-electron chi connectivity index (χ3n) is 4.57. The molecule has 3 heteroatoms. The van der Waals surface area contributed by atoms with Crippen molar-refractivity contribution in [2.75, 3.05) is 13.1 Å². The lowest BCUT2D eigenvalue weighted by molar-refractivity contribution is 0.116. The van der Waals surface area contributed by atoms with Crippen LogP contribution in [0.4, 0.5) is 0 Å². The van der Waals surface area contributed by atoms with Crippen molar-refractivity contribution in [3.8, 4) is 0 Å². The van der Waals surface area contributed by atoms with Gasteiger partial charge in [-0.2, -0.15) is 0 Å². The summed E-state index contributed by atoms with van der Waals surface area (Å²) in [5.74, 6) is 0. The number of fused-ring (bicyclic) bond motifs is 5. The van der Waals surface area contributed by atoms with Crippen LogP contribution in [0.3, 0.4) is 0 Å². The summed E-state index contributed by atoms with van der Waals surface area (Å²) in [6, 6.07) is 9.33. The van der Waals surface area contributed by atoms with E-state index in [9.17, 15) is 0 Å². The molecule has 1 aromatic carbocycles. The van der Waals surface area contributed by atoms with Crippen molar-refractivity contribution in [3.05, 3.63) is 35.5 Å². The molecule has 18 heavy (non-hydrogen) atoms. The van der Waals surface area contributed by atoms with Gasteiger partial charge in [-0.1, -0.05) is 18.2 Å². The van der Waals surface area contributed by atoms with E-state index >= 15 is 0 Å². The molecule has 2 aliphatic rings. The summed E-state index contributed by atoms with van der Waals surface area (Å²) >= 11 is 0. The number of aromatic nitrogens is 1. The van der Waals surface area contributed by atoms with Gasteiger partial charge in [0, 0.05) is 29.2 Å². The molecule has 3 N–H and O–H groups in total. The lowest BCUT2D eigenvalue weighted by Crippen LogP contribution is -2.49. The van der Waals surface area contributed by atoms with E-state index in [0.717, 1.165) is 19.4 Å². The zero-order valence-corrected chi connectivity index (χ0v) is 10.5. The number of rotatable bonds is 0. The van der Waals surface area contributed by atoms with Crippen LogP contribution in [0.5, 0.6) is 0 Å². The normalized spacial score (nSPS) is 28.1. The van der Waals surface area contributed by atoms with Crippen LogP contribution in [0.2, 0.25) is 0 Å². The third kappa shape index (κ3) is 1.38. The van der Waals surface area contributed by atoms with Crippen LogP contribution in [0.25, 0.3) is 10.9 Å². The lowest BCUT2D eigenvalue weighted by atomic mass is 9.88. The largest absolute Gasteiger partial charge is 0.357 e. The number of hydrogen-bond acceptors (Lipinski definition) is 2. The van der Waals surface area contributed by atoms with Crippen LogP contribution in [-0.4, -0.2) is 29.0 Å². The minimum Gasteiger partial charge on any atom is -0.357 e. The summed E-state index contributed by atoms with van der Waals surface area (Å²) in [7, 11) is 0. The molecule has 1 fully saturated rings. The topological polar surface area (TPSA) is 45.0 Å². The van der Waals surface area contributed by atoms with Crippen molar-refractivity contribution in [1.82, 2.24) is 9.88 Å².